The number of para-hydroxylation sites is 1. The first-order valence-electron chi connectivity index (χ1n) is 7.76. The fourth-order valence-corrected chi connectivity index (χ4v) is 2.65. The lowest BCUT2D eigenvalue weighted by atomic mass is 10.1. The van der Waals surface area contributed by atoms with Crippen molar-refractivity contribution in [2.75, 3.05) is 6.61 Å². The highest BCUT2D eigenvalue weighted by Crippen LogP contribution is 2.25. The maximum Gasteiger partial charge on any atom is 0.310 e. The number of esters is 1. The predicted octanol–water partition coefficient (Wildman–Crippen LogP) is 4.44. The molecule has 0 aliphatic heterocycles. The number of H-pyrrole nitrogens is 1. The highest BCUT2D eigenvalue weighted by Gasteiger charge is 2.13. The van der Waals surface area contributed by atoms with Crippen LogP contribution >= 0.6 is 0 Å². The van der Waals surface area contributed by atoms with Gasteiger partial charge < -0.3 is 9.72 Å². The first kappa shape index (κ1) is 15.1. The molecule has 1 heterocycles. The molecule has 1 aromatic heterocycles. The molecule has 0 amide bonds. The maximum absolute atomic E-state index is 11.9. The van der Waals surface area contributed by atoms with Gasteiger partial charge in [-0.15, -0.1) is 0 Å². The molecule has 3 aromatic rings. The summed E-state index contributed by atoms with van der Waals surface area (Å²) in [6, 6.07) is 18.1. The number of carbonyl (C=O) groups excluding carboxylic acids is 1. The molecular formula is C20H19NO2. The lowest BCUT2D eigenvalue weighted by molar-refractivity contribution is -0.142. The van der Waals surface area contributed by atoms with E-state index in [2.05, 4.69) is 4.98 Å². The summed E-state index contributed by atoms with van der Waals surface area (Å²) < 4.78 is 5.10. The summed E-state index contributed by atoms with van der Waals surface area (Å²) in [4.78, 5) is 15.3. The quantitative estimate of drug-likeness (QED) is 0.708. The Morgan fingerprint density at radius 1 is 1.04 bits per heavy atom. The molecule has 0 radical (unpaired) electrons. The number of benzene rings is 2. The second-order valence-electron chi connectivity index (χ2n) is 5.29. The number of ether oxygens (including phenoxy) is 1. The Bertz CT molecular complexity index is 831. The van der Waals surface area contributed by atoms with Crippen molar-refractivity contribution in [3.05, 3.63) is 71.4 Å². The Labute approximate surface area is 135 Å². The molecule has 0 fully saturated rings. The van der Waals surface area contributed by atoms with Crippen molar-refractivity contribution in [2.24, 2.45) is 0 Å². The molecule has 23 heavy (non-hydrogen) atoms. The molecular weight excluding hydrogens is 286 g/mol. The van der Waals surface area contributed by atoms with E-state index >= 15 is 0 Å². The van der Waals surface area contributed by atoms with E-state index in [-0.39, 0.29) is 12.4 Å². The predicted molar refractivity (Wildman–Crippen MR) is 94.0 cm³/mol. The molecule has 0 spiro atoms. The third-order valence-corrected chi connectivity index (χ3v) is 3.72. The molecule has 0 unspecified atom stereocenters. The average Bonchev–Trinajstić information content (AvgIpc) is 2.92. The molecule has 3 rings (SSSR count). The van der Waals surface area contributed by atoms with Gasteiger partial charge in [-0.05, 0) is 30.2 Å². The van der Waals surface area contributed by atoms with E-state index in [0.717, 1.165) is 27.7 Å². The Balaban J connectivity index is 1.98. The van der Waals surface area contributed by atoms with Crippen LogP contribution in [0.3, 0.4) is 0 Å². The van der Waals surface area contributed by atoms with Crippen molar-refractivity contribution < 1.29 is 9.53 Å². The molecule has 1 N–H and O–H groups in total. The second-order valence-corrected chi connectivity index (χ2v) is 5.29. The van der Waals surface area contributed by atoms with Crippen LogP contribution in [0, 0.1) is 0 Å². The fraction of sp³-hybridized carbons (Fsp3) is 0.150. The Morgan fingerprint density at radius 3 is 2.57 bits per heavy atom. The van der Waals surface area contributed by atoms with Crippen LogP contribution in [0.25, 0.3) is 23.1 Å². The third-order valence-electron chi connectivity index (χ3n) is 3.72. The van der Waals surface area contributed by atoms with Gasteiger partial charge >= 0.3 is 5.97 Å². The van der Waals surface area contributed by atoms with Crippen LogP contribution in [0.15, 0.2) is 54.6 Å². The van der Waals surface area contributed by atoms with Gasteiger partial charge in [-0.25, -0.2) is 0 Å². The van der Waals surface area contributed by atoms with Crippen LogP contribution in [0.1, 0.15) is 23.7 Å². The van der Waals surface area contributed by atoms with E-state index < -0.39 is 0 Å². The zero-order valence-corrected chi connectivity index (χ0v) is 13.1. The lowest BCUT2D eigenvalue weighted by Crippen LogP contribution is -2.07. The Kier molecular flexibility index (Phi) is 4.57. The molecule has 0 bridgehead atoms. The molecule has 3 heteroatoms. The van der Waals surface area contributed by atoms with Crippen molar-refractivity contribution in [2.45, 2.75) is 13.3 Å². The van der Waals surface area contributed by atoms with Crippen molar-refractivity contribution >= 4 is 29.0 Å². The topological polar surface area (TPSA) is 42.1 Å². The largest absolute Gasteiger partial charge is 0.466 e. The first-order valence-corrected chi connectivity index (χ1v) is 7.76. The normalized spacial score (nSPS) is 11.2. The summed E-state index contributed by atoms with van der Waals surface area (Å²) in [6.45, 7) is 2.22. The van der Waals surface area contributed by atoms with E-state index in [9.17, 15) is 4.79 Å². The first-order chi connectivity index (χ1) is 11.3. The van der Waals surface area contributed by atoms with Gasteiger partial charge in [0.05, 0.1) is 13.0 Å². The Morgan fingerprint density at radius 2 is 1.78 bits per heavy atom. The lowest BCUT2D eigenvalue weighted by Gasteiger charge is -2.02. The van der Waals surface area contributed by atoms with Gasteiger partial charge in [-0.2, -0.15) is 0 Å². The van der Waals surface area contributed by atoms with E-state index in [1.54, 1.807) is 0 Å². The summed E-state index contributed by atoms with van der Waals surface area (Å²) in [5.74, 6) is -0.202. The van der Waals surface area contributed by atoms with Crippen LogP contribution in [-0.2, 0) is 16.0 Å². The van der Waals surface area contributed by atoms with Crippen LogP contribution in [0.5, 0.6) is 0 Å². The van der Waals surface area contributed by atoms with Crippen molar-refractivity contribution in [1.82, 2.24) is 4.98 Å². The standard InChI is InChI=1S/C20H19NO2/c1-2-23-20(22)14-17-16-10-6-7-11-18(16)21-19(17)13-12-15-8-4-3-5-9-15/h3-13,21H,2,14H2,1H3/b13-12+. The van der Waals surface area contributed by atoms with Crippen LogP contribution in [0.2, 0.25) is 0 Å². The molecule has 2 aromatic carbocycles. The summed E-state index contributed by atoms with van der Waals surface area (Å²) in [5, 5.41) is 1.06. The van der Waals surface area contributed by atoms with Gasteiger partial charge in [0.15, 0.2) is 0 Å². The number of carbonyl (C=O) groups is 1. The van der Waals surface area contributed by atoms with Gasteiger partial charge in [0.25, 0.3) is 0 Å². The highest BCUT2D eigenvalue weighted by atomic mass is 16.5. The van der Waals surface area contributed by atoms with E-state index in [0.29, 0.717) is 6.61 Å². The number of aromatic nitrogens is 1. The molecule has 0 atom stereocenters. The third kappa shape index (κ3) is 3.51. The number of nitrogens with one attached hydrogen (secondary N) is 1. The zero-order chi connectivity index (χ0) is 16.1. The van der Waals surface area contributed by atoms with E-state index in [1.807, 2.05) is 73.7 Å². The monoisotopic (exact) mass is 305 g/mol. The maximum atomic E-state index is 11.9. The van der Waals surface area contributed by atoms with Crippen molar-refractivity contribution in [1.29, 1.82) is 0 Å². The van der Waals surface area contributed by atoms with Gasteiger partial charge in [-0.1, -0.05) is 54.6 Å². The number of hydrogen-bond donors (Lipinski definition) is 1. The van der Waals surface area contributed by atoms with Gasteiger partial charge in [0, 0.05) is 16.6 Å². The van der Waals surface area contributed by atoms with Crippen molar-refractivity contribution in [3.8, 4) is 0 Å². The minimum atomic E-state index is -0.202. The average molecular weight is 305 g/mol. The summed E-state index contributed by atoms with van der Waals surface area (Å²) in [5.41, 5.74) is 4.07. The number of aromatic amines is 1. The highest BCUT2D eigenvalue weighted by molar-refractivity contribution is 5.92. The SMILES string of the molecule is CCOC(=O)Cc1c(/C=C/c2ccccc2)[nH]c2ccccc12. The molecule has 0 saturated carbocycles. The molecule has 0 aliphatic carbocycles. The number of fused-ring (bicyclic) bond motifs is 1. The number of hydrogen-bond acceptors (Lipinski definition) is 2. The van der Waals surface area contributed by atoms with Crippen molar-refractivity contribution in [3.63, 3.8) is 0 Å². The summed E-state index contributed by atoms with van der Waals surface area (Å²) in [7, 11) is 0. The van der Waals surface area contributed by atoms with Gasteiger partial charge in [0.2, 0.25) is 0 Å². The summed E-state index contributed by atoms with van der Waals surface area (Å²) in [6.07, 6.45) is 4.33. The summed E-state index contributed by atoms with van der Waals surface area (Å²) >= 11 is 0. The van der Waals surface area contributed by atoms with Gasteiger partial charge in [0.1, 0.15) is 0 Å². The van der Waals surface area contributed by atoms with E-state index in [1.165, 1.54) is 0 Å². The smallest absolute Gasteiger partial charge is 0.310 e. The minimum Gasteiger partial charge on any atom is -0.466 e. The Hall–Kier alpha value is -2.81. The van der Waals surface area contributed by atoms with E-state index in [4.69, 9.17) is 4.74 Å². The van der Waals surface area contributed by atoms with Crippen LogP contribution in [-0.4, -0.2) is 17.6 Å². The van der Waals surface area contributed by atoms with Gasteiger partial charge in [-0.3, -0.25) is 4.79 Å². The van der Waals surface area contributed by atoms with Crippen LogP contribution in [0.4, 0.5) is 0 Å². The minimum absolute atomic E-state index is 0.202. The molecule has 0 aliphatic rings. The molecule has 3 nitrogen and oxygen atoms in total. The second kappa shape index (κ2) is 6.97. The fourth-order valence-electron chi connectivity index (χ4n) is 2.65. The molecule has 0 saturated heterocycles. The molecule has 116 valence electrons. The zero-order valence-electron chi connectivity index (χ0n) is 13.1. The number of rotatable bonds is 5. The van der Waals surface area contributed by atoms with Crippen LogP contribution < -0.4 is 0 Å².